The number of benzene rings is 1. The largest absolute Gasteiger partial charge is 0.480 e. The average Bonchev–Trinajstić information content (AvgIpc) is 3.87. The number of nitrogens with zero attached hydrogens (tertiary/aromatic N) is 5. The van der Waals surface area contributed by atoms with Crippen LogP contribution in [-0.4, -0.2) is 85.2 Å². The van der Waals surface area contributed by atoms with Gasteiger partial charge in [-0.05, 0) is 62.3 Å². The minimum absolute atomic E-state index is 0.00683. The van der Waals surface area contributed by atoms with Crippen molar-refractivity contribution in [2.45, 2.75) is 56.9 Å². The second-order valence-electron chi connectivity index (χ2n) is 12.4. The van der Waals surface area contributed by atoms with E-state index in [0.29, 0.717) is 84.1 Å². The highest BCUT2D eigenvalue weighted by atomic mass is 35.5. The van der Waals surface area contributed by atoms with Crippen LogP contribution in [0.3, 0.4) is 0 Å². The molecule has 3 N–H and O–H groups in total. The predicted molar refractivity (Wildman–Crippen MR) is 176 cm³/mol. The van der Waals surface area contributed by atoms with Crippen molar-refractivity contribution in [3.8, 4) is 23.1 Å². The second kappa shape index (κ2) is 13.2. The van der Waals surface area contributed by atoms with Gasteiger partial charge in [-0.25, -0.2) is 13.8 Å². The summed E-state index contributed by atoms with van der Waals surface area (Å²) in [4.78, 5) is 18.3. The molecular formula is C33H40ClF2N7O3. The summed E-state index contributed by atoms with van der Waals surface area (Å²) in [6.07, 6.45) is 6.45. The molecule has 0 amide bonds. The molecule has 246 valence electrons. The van der Waals surface area contributed by atoms with Crippen LogP contribution in [0.4, 0.5) is 20.3 Å². The fourth-order valence-corrected chi connectivity index (χ4v) is 7.25. The Balaban J connectivity index is 1.55. The number of nitrogen functional groups attached to an aromatic ring is 1. The van der Waals surface area contributed by atoms with Crippen molar-refractivity contribution in [3.05, 3.63) is 39.9 Å². The molecule has 1 unspecified atom stereocenters. The lowest BCUT2D eigenvalue weighted by molar-refractivity contribution is 0.0829. The Morgan fingerprint density at radius 1 is 1.24 bits per heavy atom. The molecule has 4 heterocycles. The number of nitrogens with one attached hydrogen (secondary N) is 1. The predicted octanol–water partition coefficient (Wildman–Crippen LogP) is 6.28. The summed E-state index contributed by atoms with van der Waals surface area (Å²) >= 11 is 6.70. The van der Waals surface area contributed by atoms with Gasteiger partial charge in [0.1, 0.15) is 29.0 Å². The number of anilines is 2. The lowest BCUT2D eigenvalue weighted by Crippen LogP contribution is -2.46. The third kappa shape index (κ3) is 5.86. The van der Waals surface area contributed by atoms with Crippen molar-refractivity contribution in [2.24, 2.45) is 0 Å². The van der Waals surface area contributed by atoms with Gasteiger partial charge in [-0.3, -0.25) is 4.90 Å². The first-order valence-corrected chi connectivity index (χ1v) is 16.2. The first kappa shape index (κ1) is 32.3. The van der Waals surface area contributed by atoms with Gasteiger partial charge < -0.3 is 30.3 Å². The molecule has 0 spiro atoms. The van der Waals surface area contributed by atoms with Gasteiger partial charge in [0.2, 0.25) is 5.88 Å². The number of hydrogen-bond acceptors (Lipinski definition) is 10. The zero-order chi connectivity index (χ0) is 32.6. The Kier molecular flexibility index (Phi) is 9.31. The number of likely N-dealkylation sites (tertiary alicyclic amines) is 1. The first-order chi connectivity index (χ1) is 22.2. The quantitative estimate of drug-likeness (QED) is 0.192. The smallest absolute Gasteiger partial charge is 0.319 e. The van der Waals surface area contributed by atoms with Gasteiger partial charge in [0.05, 0.1) is 25.6 Å². The first-order valence-electron chi connectivity index (χ1n) is 15.8. The number of fused-ring (bicyclic) bond motifs is 1. The molecule has 2 aliphatic heterocycles. The number of halogens is 3. The molecule has 1 saturated carbocycles. The number of likely N-dealkylation sites (N-methyl/N-ethyl adjacent to an activating group) is 1. The fraction of sp³-hybridized carbons (Fsp3) is 0.515. The fourth-order valence-electron chi connectivity index (χ4n) is 6.89. The van der Waals surface area contributed by atoms with Gasteiger partial charge in [-0.1, -0.05) is 24.9 Å². The molecule has 6 rings (SSSR count). The van der Waals surface area contributed by atoms with Crippen LogP contribution in [-0.2, 0) is 4.74 Å². The molecule has 10 nitrogen and oxygen atoms in total. The molecule has 2 saturated heterocycles. The summed E-state index contributed by atoms with van der Waals surface area (Å²) in [5, 5.41) is 8.88. The van der Waals surface area contributed by atoms with Gasteiger partial charge in [-0.15, -0.1) is 0 Å². The SMILES string of the molecule is CCCC1(COc2nc(N3CCCOCC3)c3c(OC)nc(-c4c(C=N)c(N)cc(Cl)c4C4CC4)c(F)c3n2)C/C(=C/F)CN1C. The summed E-state index contributed by atoms with van der Waals surface area (Å²) < 4.78 is 48.5. The monoisotopic (exact) mass is 655 g/mol. The van der Waals surface area contributed by atoms with E-state index in [1.165, 1.54) is 7.11 Å². The summed E-state index contributed by atoms with van der Waals surface area (Å²) in [7, 11) is 3.42. The highest BCUT2D eigenvalue weighted by Crippen LogP contribution is 2.51. The van der Waals surface area contributed by atoms with Crippen LogP contribution in [0.2, 0.25) is 5.02 Å². The van der Waals surface area contributed by atoms with Crippen LogP contribution in [0.5, 0.6) is 11.9 Å². The maximum atomic E-state index is 17.1. The zero-order valence-electron chi connectivity index (χ0n) is 26.5. The number of methoxy groups -OCH3 is 1. The highest BCUT2D eigenvalue weighted by Gasteiger charge is 2.42. The molecule has 13 heteroatoms. The van der Waals surface area contributed by atoms with Crippen molar-refractivity contribution in [1.82, 2.24) is 19.9 Å². The second-order valence-corrected chi connectivity index (χ2v) is 12.8. The van der Waals surface area contributed by atoms with E-state index in [4.69, 9.17) is 41.9 Å². The molecule has 0 bridgehead atoms. The molecule has 1 aromatic carbocycles. The van der Waals surface area contributed by atoms with Gasteiger partial charge in [0.15, 0.2) is 5.82 Å². The van der Waals surface area contributed by atoms with E-state index < -0.39 is 11.4 Å². The Bertz CT molecular complexity index is 1680. The van der Waals surface area contributed by atoms with Crippen LogP contribution >= 0.6 is 11.6 Å². The molecule has 0 radical (unpaired) electrons. The van der Waals surface area contributed by atoms with Crippen LogP contribution in [0.1, 0.15) is 62.5 Å². The Morgan fingerprint density at radius 3 is 2.72 bits per heavy atom. The lowest BCUT2D eigenvalue weighted by Gasteiger charge is -2.35. The van der Waals surface area contributed by atoms with Crippen molar-refractivity contribution in [2.75, 3.05) is 64.2 Å². The Labute approximate surface area is 272 Å². The average molecular weight is 656 g/mol. The molecule has 3 aromatic rings. The molecule has 3 fully saturated rings. The molecule has 2 aromatic heterocycles. The number of nitrogens with two attached hydrogens (primary N) is 1. The van der Waals surface area contributed by atoms with Crippen molar-refractivity contribution >= 4 is 40.2 Å². The van der Waals surface area contributed by atoms with Crippen LogP contribution in [0.15, 0.2) is 18.0 Å². The van der Waals surface area contributed by atoms with Gasteiger partial charge in [0, 0.05) is 54.3 Å². The maximum Gasteiger partial charge on any atom is 0.319 e. The molecular weight excluding hydrogens is 616 g/mol. The third-order valence-electron chi connectivity index (χ3n) is 9.33. The van der Waals surface area contributed by atoms with E-state index in [0.717, 1.165) is 38.3 Å². The van der Waals surface area contributed by atoms with E-state index in [1.807, 2.05) is 11.9 Å². The van der Waals surface area contributed by atoms with Gasteiger partial charge in [0.25, 0.3) is 0 Å². The zero-order valence-corrected chi connectivity index (χ0v) is 27.2. The van der Waals surface area contributed by atoms with E-state index >= 15 is 4.39 Å². The van der Waals surface area contributed by atoms with Crippen molar-refractivity contribution in [1.29, 1.82) is 5.41 Å². The standard InChI is InChI=1S/C33H40ClF2N7O3/c1-4-8-33(14-19(15-35)17-42(33)2)18-46-32-40-29-26(30(41-32)43-9-5-11-45-12-10-43)31(44-3)39-28(27(29)36)25-21(16-37)23(38)13-22(34)24(25)20-6-7-20/h13,15-16,20,37H,4-12,14,17-18,38H2,1-3H3/b19-15-,37-16?. The minimum atomic E-state index is -0.717. The number of aromatic nitrogens is 3. The van der Waals surface area contributed by atoms with Crippen molar-refractivity contribution < 1.29 is 23.0 Å². The van der Waals surface area contributed by atoms with E-state index in [-0.39, 0.29) is 41.3 Å². The molecule has 1 aliphatic carbocycles. The van der Waals surface area contributed by atoms with Crippen LogP contribution in [0, 0.1) is 11.2 Å². The highest BCUT2D eigenvalue weighted by molar-refractivity contribution is 6.32. The number of rotatable bonds is 10. The third-order valence-corrected chi connectivity index (χ3v) is 9.64. The Morgan fingerprint density at radius 2 is 2.04 bits per heavy atom. The van der Waals surface area contributed by atoms with Gasteiger partial charge in [-0.2, -0.15) is 9.97 Å². The van der Waals surface area contributed by atoms with Crippen molar-refractivity contribution in [3.63, 3.8) is 0 Å². The summed E-state index contributed by atoms with van der Waals surface area (Å²) in [6, 6.07) is 1.60. The van der Waals surface area contributed by atoms with E-state index in [9.17, 15) is 4.39 Å². The normalized spacial score (nSPS) is 21.6. The maximum absolute atomic E-state index is 17.1. The summed E-state index contributed by atoms with van der Waals surface area (Å²) in [5.74, 6) is -0.0617. The summed E-state index contributed by atoms with van der Waals surface area (Å²) in [5.41, 5.74) is 8.12. The van der Waals surface area contributed by atoms with Crippen LogP contribution < -0.4 is 20.1 Å². The minimum Gasteiger partial charge on any atom is -0.480 e. The Hall–Kier alpha value is -3.61. The topological polar surface area (TPSA) is 123 Å². The summed E-state index contributed by atoms with van der Waals surface area (Å²) in [6.45, 7) is 4.96. The lowest BCUT2D eigenvalue weighted by atomic mass is 9.91. The number of pyridine rings is 1. The van der Waals surface area contributed by atoms with E-state index in [1.54, 1.807) is 6.07 Å². The number of ether oxygens (including phenoxy) is 3. The van der Waals surface area contributed by atoms with Crippen LogP contribution in [0.25, 0.3) is 22.2 Å². The van der Waals surface area contributed by atoms with Gasteiger partial charge >= 0.3 is 6.01 Å². The molecule has 3 aliphatic rings. The van der Waals surface area contributed by atoms with E-state index in [2.05, 4.69) is 21.8 Å². The number of hydrogen-bond donors (Lipinski definition) is 2. The molecule has 46 heavy (non-hydrogen) atoms. The molecule has 1 atom stereocenters.